The Labute approximate surface area is 81.8 Å². The quantitative estimate of drug-likeness (QED) is 0.743. The first kappa shape index (κ1) is 8.69. The zero-order valence-corrected chi connectivity index (χ0v) is 7.60. The molecule has 2 rings (SSSR count). The number of carbonyl (C=O) groups excluding carboxylic acids is 1. The average molecular weight is 186 g/mol. The predicted molar refractivity (Wildman–Crippen MR) is 53.8 cm³/mol. The van der Waals surface area contributed by atoms with Gasteiger partial charge < -0.3 is 4.79 Å². The van der Waals surface area contributed by atoms with Crippen LogP contribution < -0.4 is 0 Å². The maximum atomic E-state index is 10.3. The zero-order valence-electron chi connectivity index (χ0n) is 7.60. The number of aromatic amines is 1. The van der Waals surface area contributed by atoms with Crippen molar-refractivity contribution in [3.05, 3.63) is 42.1 Å². The topological polar surface area (TPSA) is 45.8 Å². The highest BCUT2D eigenvalue weighted by atomic mass is 16.1. The van der Waals surface area contributed by atoms with Crippen LogP contribution in [0.4, 0.5) is 0 Å². The Kier molecular flexibility index (Phi) is 2.40. The lowest BCUT2D eigenvalue weighted by molar-refractivity contribution is -0.107. The average Bonchev–Trinajstić information content (AvgIpc) is 2.72. The minimum atomic E-state index is 0.475. The van der Waals surface area contributed by atoms with E-state index in [1.807, 2.05) is 30.3 Å². The fourth-order valence-electron chi connectivity index (χ4n) is 1.33. The van der Waals surface area contributed by atoms with Crippen LogP contribution in [0.3, 0.4) is 0 Å². The summed E-state index contributed by atoms with van der Waals surface area (Å²) in [5.41, 5.74) is 3.10. The van der Waals surface area contributed by atoms with Crippen molar-refractivity contribution < 1.29 is 4.79 Å². The number of nitrogens with one attached hydrogen (secondary N) is 1. The van der Waals surface area contributed by atoms with Gasteiger partial charge in [0.15, 0.2) is 0 Å². The number of hydrogen-bond donors (Lipinski definition) is 1. The normalized spacial score (nSPS) is 10.0. The molecule has 0 saturated heterocycles. The molecular weight excluding hydrogens is 176 g/mol. The molecular formula is C11H10N2O. The maximum absolute atomic E-state index is 10.3. The highest BCUT2D eigenvalue weighted by molar-refractivity contribution is 5.61. The van der Waals surface area contributed by atoms with Gasteiger partial charge in [-0.3, -0.25) is 5.10 Å². The molecule has 0 fully saturated rings. The molecule has 0 bridgehead atoms. The van der Waals surface area contributed by atoms with Crippen molar-refractivity contribution in [1.82, 2.24) is 10.2 Å². The van der Waals surface area contributed by atoms with Crippen molar-refractivity contribution in [2.45, 2.75) is 6.42 Å². The van der Waals surface area contributed by atoms with E-state index < -0.39 is 0 Å². The van der Waals surface area contributed by atoms with Gasteiger partial charge >= 0.3 is 0 Å². The summed E-state index contributed by atoms with van der Waals surface area (Å²) in [7, 11) is 0. The van der Waals surface area contributed by atoms with Gasteiger partial charge in [-0.1, -0.05) is 24.3 Å². The second kappa shape index (κ2) is 3.87. The molecule has 70 valence electrons. The molecule has 2 aromatic rings. The fraction of sp³-hybridized carbons (Fsp3) is 0.0909. The molecule has 0 radical (unpaired) electrons. The minimum Gasteiger partial charge on any atom is -0.303 e. The number of aldehydes is 1. The van der Waals surface area contributed by atoms with Gasteiger partial charge in [-0.2, -0.15) is 5.10 Å². The van der Waals surface area contributed by atoms with E-state index in [0.29, 0.717) is 6.42 Å². The zero-order chi connectivity index (χ0) is 9.80. The van der Waals surface area contributed by atoms with Crippen molar-refractivity contribution in [2.75, 3.05) is 0 Å². The van der Waals surface area contributed by atoms with Crippen LogP contribution in [-0.4, -0.2) is 16.5 Å². The van der Waals surface area contributed by atoms with Gasteiger partial charge in [0.25, 0.3) is 0 Å². The predicted octanol–water partition coefficient (Wildman–Crippen LogP) is 1.82. The van der Waals surface area contributed by atoms with Gasteiger partial charge in [-0.05, 0) is 17.2 Å². The second-order valence-corrected chi connectivity index (χ2v) is 3.04. The molecule has 0 saturated carbocycles. The first-order valence-corrected chi connectivity index (χ1v) is 4.42. The molecule has 0 aliphatic heterocycles. The number of rotatable bonds is 3. The molecule has 0 spiro atoms. The van der Waals surface area contributed by atoms with Crippen molar-refractivity contribution >= 4 is 6.29 Å². The van der Waals surface area contributed by atoms with Crippen molar-refractivity contribution in [3.8, 4) is 11.3 Å². The van der Waals surface area contributed by atoms with Gasteiger partial charge in [-0.15, -0.1) is 0 Å². The van der Waals surface area contributed by atoms with E-state index in [1.165, 1.54) is 0 Å². The summed E-state index contributed by atoms with van der Waals surface area (Å²) in [4.78, 5) is 10.3. The summed E-state index contributed by atoms with van der Waals surface area (Å²) in [5.74, 6) is 0. The Morgan fingerprint density at radius 2 is 2.00 bits per heavy atom. The number of aromatic nitrogens is 2. The minimum absolute atomic E-state index is 0.475. The summed E-state index contributed by atoms with van der Waals surface area (Å²) in [6.45, 7) is 0. The molecule has 0 aliphatic carbocycles. The Morgan fingerprint density at radius 1 is 1.21 bits per heavy atom. The van der Waals surface area contributed by atoms with Gasteiger partial charge in [0, 0.05) is 12.6 Å². The van der Waals surface area contributed by atoms with Crippen LogP contribution in [-0.2, 0) is 11.2 Å². The standard InChI is InChI=1S/C11H10N2O/c14-8-6-9-1-3-10(4-2-9)11-5-7-12-13-11/h1-5,7-8H,6H2,(H,12,13). The third-order valence-electron chi connectivity index (χ3n) is 2.08. The largest absolute Gasteiger partial charge is 0.303 e. The second-order valence-electron chi connectivity index (χ2n) is 3.04. The van der Waals surface area contributed by atoms with Gasteiger partial charge in [0.2, 0.25) is 0 Å². The Balaban J connectivity index is 2.26. The molecule has 1 aromatic carbocycles. The van der Waals surface area contributed by atoms with Crippen LogP contribution in [0.25, 0.3) is 11.3 Å². The SMILES string of the molecule is O=CCc1ccc(-c2ccn[nH]2)cc1. The Hall–Kier alpha value is -1.90. The summed E-state index contributed by atoms with van der Waals surface area (Å²) in [6, 6.07) is 9.77. The highest BCUT2D eigenvalue weighted by Gasteiger charge is 1.98. The van der Waals surface area contributed by atoms with E-state index in [1.54, 1.807) is 6.20 Å². The summed E-state index contributed by atoms with van der Waals surface area (Å²) in [5, 5.41) is 6.76. The highest BCUT2D eigenvalue weighted by Crippen LogP contribution is 2.16. The number of hydrogen-bond acceptors (Lipinski definition) is 2. The Bertz CT molecular complexity index is 403. The summed E-state index contributed by atoms with van der Waals surface area (Å²) < 4.78 is 0. The van der Waals surface area contributed by atoms with Gasteiger partial charge in [0.1, 0.15) is 6.29 Å². The first-order valence-electron chi connectivity index (χ1n) is 4.42. The molecule has 14 heavy (non-hydrogen) atoms. The van der Waals surface area contributed by atoms with Crippen LogP contribution in [0.2, 0.25) is 0 Å². The Morgan fingerprint density at radius 3 is 2.57 bits per heavy atom. The van der Waals surface area contributed by atoms with E-state index in [4.69, 9.17) is 0 Å². The molecule has 0 unspecified atom stereocenters. The van der Waals surface area contributed by atoms with E-state index in [2.05, 4.69) is 10.2 Å². The van der Waals surface area contributed by atoms with Crippen molar-refractivity contribution in [1.29, 1.82) is 0 Å². The number of benzene rings is 1. The molecule has 1 aromatic heterocycles. The fourth-order valence-corrected chi connectivity index (χ4v) is 1.33. The van der Waals surface area contributed by atoms with E-state index in [0.717, 1.165) is 23.1 Å². The van der Waals surface area contributed by atoms with E-state index >= 15 is 0 Å². The summed E-state index contributed by atoms with van der Waals surface area (Å²) in [6.07, 6.45) is 3.10. The van der Waals surface area contributed by atoms with Crippen molar-refractivity contribution in [2.24, 2.45) is 0 Å². The van der Waals surface area contributed by atoms with E-state index in [-0.39, 0.29) is 0 Å². The molecule has 3 heteroatoms. The van der Waals surface area contributed by atoms with Crippen LogP contribution >= 0.6 is 0 Å². The lowest BCUT2D eigenvalue weighted by Crippen LogP contribution is -1.85. The number of H-pyrrole nitrogens is 1. The number of carbonyl (C=O) groups is 1. The smallest absolute Gasteiger partial charge is 0.124 e. The van der Waals surface area contributed by atoms with Crippen molar-refractivity contribution in [3.63, 3.8) is 0 Å². The monoisotopic (exact) mass is 186 g/mol. The van der Waals surface area contributed by atoms with Crippen LogP contribution in [0.5, 0.6) is 0 Å². The van der Waals surface area contributed by atoms with Crippen LogP contribution in [0.1, 0.15) is 5.56 Å². The molecule has 0 atom stereocenters. The third-order valence-corrected chi connectivity index (χ3v) is 2.08. The van der Waals surface area contributed by atoms with Gasteiger partial charge in [-0.25, -0.2) is 0 Å². The maximum Gasteiger partial charge on any atom is 0.124 e. The van der Waals surface area contributed by atoms with Crippen LogP contribution in [0.15, 0.2) is 36.5 Å². The lowest BCUT2D eigenvalue weighted by Gasteiger charge is -1.98. The third kappa shape index (κ3) is 1.71. The lowest BCUT2D eigenvalue weighted by atomic mass is 10.1. The van der Waals surface area contributed by atoms with Gasteiger partial charge in [0.05, 0.1) is 5.69 Å². The summed E-state index contributed by atoms with van der Waals surface area (Å²) >= 11 is 0. The molecule has 1 N–H and O–H groups in total. The molecule has 0 amide bonds. The first-order chi connectivity index (χ1) is 6.90. The molecule has 3 nitrogen and oxygen atoms in total. The number of nitrogens with zero attached hydrogens (tertiary/aromatic N) is 1. The van der Waals surface area contributed by atoms with Crippen LogP contribution in [0, 0.1) is 0 Å². The van der Waals surface area contributed by atoms with E-state index in [9.17, 15) is 4.79 Å². The molecule has 1 heterocycles. The molecule has 0 aliphatic rings.